The van der Waals surface area contributed by atoms with Crippen molar-refractivity contribution in [2.75, 3.05) is 0 Å². The molecule has 0 saturated carbocycles. The van der Waals surface area contributed by atoms with Gasteiger partial charge in [0.1, 0.15) is 11.5 Å². The third kappa shape index (κ3) is 3.31. The first kappa shape index (κ1) is 16.3. The fraction of sp³-hybridized carbons (Fsp3) is 0.125. The van der Waals surface area contributed by atoms with E-state index < -0.39 is 0 Å². The summed E-state index contributed by atoms with van der Waals surface area (Å²) >= 11 is 0. The molecule has 0 bridgehead atoms. The summed E-state index contributed by atoms with van der Waals surface area (Å²) in [6, 6.07) is 27.3. The number of hydrogen-bond acceptors (Lipinski definition) is 2. The average Bonchev–Trinajstić information content (AvgIpc) is 2.66. The molecule has 4 aromatic carbocycles. The molecular weight excluding hydrogens is 318 g/mol. The van der Waals surface area contributed by atoms with Crippen LogP contribution in [0.15, 0.2) is 83.9 Å². The lowest BCUT2D eigenvalue weighted by Crippen LogP contribution is -1.94. The summed E-state index contributed by atoms with van der Waals surface area (Å²) in [5.74, 6) is 1.68. The summed E-state index contributed by atoms with van der Waals surface area (Å²) in [6.45, 7) is 4.13. The van der Waals surface area contributed by atoms with Crippen molar-refractivity contribution in [2.24, 2.45) is 4.99 Å². The molecule has 128 valence electrons. The monoisotopic (exact) mass is 339 g/mol. The number of nitrogens with zero attached hydrogens (tertiary/aromatic N) is 1. The zero-order chi connectivity index (χ0) is 17.9. The minimum absolute atomic E-state index is 0.256. The molecule has 0 spiro atoms. The second-order valence-corrected chi connectivity index (χ2v) is 6.69. The van der Waals surface area contributed by atoms with Crippen LogP contribution in [-0.2, 0) is 0 Å². The van der Waals surface area contributed by atoms with Crippen LogP contribution in [0.4, 0.5) is 0 Å². The molecular formula is C24H21NO. The molecule has 0 radical (unpaired) electrons. The molecule has 0 atom stereocenters. The minimum Gasteiger partial charge on any atom is -0.456 e. The number of ether oxygens (including phenoxy) is 1. The molecule has 2 heteroatoms. The lowest BCUT2D eigenvalue weighted by molar-refractivity contribution is 0.487. The van der Waals surface area contributed by atoms with Crippen LogP contribution in [0.3, 0.4) is 0 Å². The van der Waals surface area contributed by atoms with E-state index in [0.717, 1.165) is 22.4 Å². The van der Waals surface area contributed by atoms with Crippen molar-refractivity contribution < 1.29 is 4.74 Å². The molecule has 0 aromatic heterocycles. The minimum atomic E-state index is 0.256. The van der Waals surface area contributed by atoms with E-state index in [1.807, 2.05) is 42.6 Å². The summed E-state index contributed by atoms with van der Waals surface area (Å²) in [5, 5.41) is 4.74. The summed E-state index contributed by atoms with van der Waals surface area (Å²) < 4.78 is 6.31. The van der Waals surface area contributed by atoms with Gasteiger partial charge >= 0.3 is 0 Å². The maximum Gasteiger partial charge on any atom is 0.136 e. The Balaban J connectivity index is 1.80. The summed E-state index contributed by atoms with van der Waals surface area (Å²) in [4.78, 5) is 4.50. The number of fused-ring (bicyclic) bond motifs is 2. The third-order valence-electron chi connectivity index (χ3n) is 4.36. The highest BCUT2D eigenvalue weighted by Crippen LogP contribution is 2.33. The van der Waals surface area contributed by atoms with Crippen LogP contribution < -0.4 is 4.74 Å². The van der Waals surface area contributed by atoms with Gasteiger partial charge in [0.05, 0.1) is 0 Å². The van der Waals surface area contributed by atoms with Crippen LogP contribution in [0.2, 0.25) is 0 Å². The van der Waals surface area contributed by atoms with Crippen LogP contribution in [0.1, 0.15) is 19.4 Å². The van der Waals surface area contributed by atoms with Gasteiger partial charge in [-0.2, -0.15) is 0 Å². The van der Waals surface area contributed by atoms with Gasteiger partial charge < -0.3 is 4.74 Å². The summed E-state index contributed by atoms with van der Waals surface area (Å²) in [6.07, 6.45) is 1.89. The van der Waals surface area contributed by atoms with Crippen molar-refractivity contribution in [3.05, 3.63) is 84.4 Å². The summed E-state index contributed by atoms with van der Waals surface area (Å²) in [5.41, 5.74) is 0.985. The lowest BCUT2D eigenvalue weighted by Gasteiger charge is -2.12. The highest BCUT2D eigenvalue weighted by molar-refractivity contribution is 6.01. The fourth-order valence-electron chi connectivity index (χ4n) is 3.06. The van der Waals surface area contributed by atoms with Crippen molar-refractivity contribution in [1.29, 1.82) is 0 Å². The maximum atomic E-state index is 6.31. The van der Waals surface area contributed by atoms with Gasteiger partial charge in [-0.3, -0.25) is 4.99 Å². The number of rotatable bonds is 4. The Morgan fingerprint density at radius 1 is 0.731 bits per heavy atom. The lowest BCUT2D eigenvalue weighted by atomic mass is 10.0. The first-order valence-electron chi connectivity index (χ1n) is 8.92. The van der Waals surface area contributed by atoms with Crippen molar-refractivity contribution in [1.82, 2.24) is 0 Å². The standard InChI is InChI=1S/C24H21NO/c1-17(2)25-16-21-10-5-6-12-23(21)26-24-13-7-11-20-14-18-8-3-4-9-19(18)15-22(20)24/h3-17H,1-2H3. The molecule has 0 N–H and O–H groups in total. The zero-order valence-electron chi connectivity index (χ0n) is 15.0. The van der Waals surface area contributed by atoms with Crippen LogP contribution >= 0.6 is 0 Å². The molecule has 0 aliphatic heterocycles. The van der Waals surface area contributed by atoms with E-state index in [1.54, 1.807) is 0 Å². The van der Waals surface area contributed by atoms with E-state index in [-0.39, 0.29) is 6.04 Å². The molecule has 4 aromatic rings. The van der Waals surface area contributed by atoms with Crippen molar-refractivity contribution in [3.63, 3.8) is 0 Å². The van der Waals surface area contributed by atoms with Crippen LogP contribution in [-0.4, -0.2) is 12.3 Å². The van der Waals surface area contributed by atoms with Gasteiger partial charge in [0.25, 0.3) is 0 Å². The number of hydrogen-bond donors (Lipinski definition) is 0. The smallest absolute Gasteiger partial charge is 0.136 e. The highest BCUT2D eigenvalue weighted by Gasteiger charge is 2.08. The first-order valence-corrected chi connectivity index (χ1v) is 8.92. The molecule has 0 fully saturated rings. The average molecular weight is 339 g/mol. The molecule has 0 unspecified atom stereocenters. The highest BCUT2D eigenvalue weighted by atomic mass is 16.5. The predicted octanol–water partition coefficient (Wildman–Crippen LogP) is 6.61. The number of aliphatic imine (C=N–C) groups is 1. The van der Waals surface area contributed by atoms with Crippen LogP contribution in [0.25, 0.3) is 21.5 Å². The largest absolute Gasteiger partial charge is 0.456 e. The Bertz CT molecular complexity index is 1100. The Hall–Kier alpha value is -3.13. The predicted molar refractivity (Wildman–Crippen MR) is 111 cm³/mol. The second kappa shape index (κ2) is 7.01. The molecule has 0 saturated heterocycles. The first-order chi connectivity index (χ1) is 12.7. The molecule has 2 nitrogen and oxygen atoms in total. The van der Waals surface area contributed by atoms with Crippen LogP contribution in [0, 0.1) is 0 Å². The molecule has 0 amide bonds. The SMILES string of the molecule is CC(C)N=Cc1ccccc1Oc1cccc2cc3ccccc3cc12. The van der Waals surface area contributed by atoms with Gasteiger partial charge in [0, 0.05) is 23.2 Å². The van der Waals surface area contributed by atoms with E-state index >= 15 is 0 Å². The molecule has 0 heterocycles. The molecule has 0 aliphatic rings. The van der Waals surface area contributed by atoms with Gasteiger partial charge in [-0.1, -0.05) is 48.5 Å². The van der Waals surface area contributed by atoms with E-state index in [2.05, 4.69) is 61.3 Å². The molecule has 0 aliphatic carbocycles. The maximum absolute atomic E-state index is 6.31. The van der Waals surface area contributed by atoms with Gasteiger partial charge in [-0.15, -0.1) is 0 Å². The van der Waals surface area contributed by atoms with E-state index in [4.69, 9.17) is 4.74 Å². The van der Waals surface area contributed by atoms with Crippen molar-refractivity contribution >= 4 is 27.8 Å². The Morgan fingerprint density at radius 2 is 1.38 bits per heavy atom. The van der Waals surface area contributed by atoms with Gasteiger partial charge in [-0.25, -0.2) is 0 Å². The second-order valence-electron chi connectivity index (χ2n) is 6.69. The zero-order valence-corrected chi connectivity index (χ0v) is 15.0. The fourth-order valence-corrected chi connectivity index (χ4v) is 3.06. The Labute approximate surface area is 153 Å². The topological polar surface area (TPSA) is 21.6 Å². The van der Waals surface area contributed by atoms with Crippen molar-refractivity contribution in [2.45, 2.75) is 19.9 Å². The number of benzene rings is 4. The molecule has 4 rings (SSSR count). The van der Waals surface area contributed by atoms with Gasteiger partial charge in [0.15, 0.2) is 0 Å². The Morgan fingerprint density at radius 3 is 2.19 bits per heavy atom. The summed E-state index contributed by atoms with van der Waals surface area (Å²) in [7, 11) is 0. The van der Waals surface area contributed by atoms with E-state index in [9.17, 15) is 0 Å². The number of para-hydroxylation sites is 1. The van der Waals surface area contributed by atoms with Crippen LogP contribution in [0.5, 0.6) is 11.5 Å². The third-order valence-corrected chi connectivity index (χ3v) is 4.36. The quantitative estimate of drug-likeness (QED) is 0.303. The van der Waals surface area contributed by atoms with E-state index in [0.29, 0.717) is 0 Å². The van der Waals surface area contributed by atoms with Gasteiger partial charge in [-0.05, 0) is 60.3 Å². The van der Waals surface area contributed by atoms with Gasteiger partial charge in [0.2, 0.25) is 0 Å². The Kier molecular flexibility index (Phi) is 4.40. The normalized spacial score (nSPS) is 11.7. The van der Waals surface area contributed by atoms with Crippen molar-refractivity contribution in [3.8, 4) is 11.5 Å². The molecule has 26 heavy (non-hydrogen) atoms. The van der Waals surface area contributed by atoms with E-state index in [1.165, 1.54) is 16.2 Å².